The molecule has 2 heterocycles. The highest BCUT2D eigenvalue weighted by molar-refractivity contribution is 8.04. The summed E-state index contributed by atoms with van der Waals surface area (Å²) in [5.74, 6) is 1.46. The van der Waals surface area contributed by atoms with E-state index in [1.165, 1.54) is 24.9 Å². The van der Waals surface area contributed by atoms with Crippen LogP contribution in [0.4, 0.5) is 0 Å². The molecule has 172 valence electrons. The number of thioether (sulfide) groups is 2. The Balaban J connectivity index is 1.71. The number of halogens is 1. The normalized spacial score (nSPS) is 16.2. The SMILES string of the molecule is COC(=O)/C=C1/SCC(=O)N1CCCSc1nnc(C(C)N(C)C)n1-c1ccc(Cl)cc1. The molecule has 2 aromatic rings. The maximum atomic E-state index is 12.2. The summed E-state index contributed by atoms with van der Waals surface area (Å²) in [4.78, 5) is 27.5. The second-order valence-electron chi connectivity index (χ2n) is 7.33. The lowest BCUT2D eigenvalue weighted by molar-refractivity contribution is -0.134. The van der Waals surface area contributed by atoms with Crippen molar-refractivity contribution in [3.05, 3.63) is 46.2 Å². The number of aromatic nitrogens is 3. The number of nitrogens with zero attached hydrogens (tertiary/aromatic N) is 5. The van der Waals surface area contributed by atoms with Gasteiger partial charge in [-0.1, -0.05) is 35.1 Å². The number of amides is 1. The Hall–Kier alpha value is -2.01. The fourth-order valence-electron chi connectivity index (χ4n) is 3.02. The number of benzene rings is 1. The van der Waals surface area contributed by atoms with Crippen LogP contribution < -0.4 is 0 Å². The molecule has 1 aliphatic rings. The van der Waals surface area contributed by atoms with Gasteiger partial charge in [0.25, 0.3) is 0 Å². The Morgan fingerprint density at radius 2 is 2.06 bits per heavy atom. The summed E-state index contributed by atoms with van der Waals surface area (Å²) in [6, 6.07) is 7.66. The molecule has 0 N–H and O–H groups in total. The predicted molar refractivity (Wildman–Crippen MR) is 128 cm³/mol. The Morgan fingerprint density at radius 1 is 1.34 bits per heavy atom. The number of methoxy groups -OCH3 is 1. The molecule has 8 nitrogen and oxygen atoms in total. The molecule has 0 spiro atoms. The van der Waals surface area contributed by atoms with Crippen molar-refractivity contribution in [3.8, 4) is 5.69 Å². The summed E-state index contributed by atoms with van der Waals surface area (Å²) in [5.41, 5.74) is 0.944. The van der Waals surface area contributed by atoms with Crippen LogP contribution >= 0.6 is 35.1 Å². The number of rotatable bonds is 9. The number of carbonyl (C=O) groups is 2. The minimum absolute atomic E-state index is 0.00146. The zero-order chi connectivity index (χ0) is 23.3. The van der Waals surface area contributed by atoms with E-state index in [2.05, 4.69) is 26.8 Å². The topological polar surface area (TPSA) is 80.6 Å². The smallest absolute Gasteiger partial charge is 0.333 e. The van der Waals surface area contributed by atoms with Crippen LogP contribution in [0.15, 0.2) is 40.5 Å². The maximum absolute atomic E-state index is 12.2. The fourth-order valence-corrected chi connectivity index (χ4v) is 4.99. The number of carbonyl (C=O) groups excluding carboxylic acids is 2. The van der Waals surface area contributed by atoms with Crippen LogP contribution in [0.25, 0.3) is 5.69 Å². The van der Waals surface area contributed by atoms with E-state index in [1.54, 1.807) is 16.7 Å². The zero-order valence-corrected chi connectivity index (χ0v) is 20.8. The van der Waals surface area contributed by atoms with Crippen molar-refractivity contribution in [3.63, 3.8) is 0 Å². The summed E-state index contributed by atoms with van der Waals surface area (Å²) in [6.07, 6.45) is 2.11. The molecule has 1 fully saturated rings. The molecular weight excluding hydrogens is 470 g/mol. The molecule has 1 saturated heterocycles. The van der Waals surface area contributed by atoms with Crippen molar-refractivity contribution in [2.24, 2.45) is 0 Å². The van der Waals surface area contributed by atoms with Crippen molar-refractivity contribution in [1.82, 2.24) is 24.6 Å². The molecular formula is C21H26ClN5O3S2. The van der Waals surface area contributed by atoms with E-state index in [0.717, 1.165) is 28.8 Å². The Labute approximate surface area is 201 Å². The van der Waals surface area contributed by atoms with Gasteiger partial charge in [0.2, 0.25) is 5.91 Å². The van der Waals surface area contributed by atoms with Crippen LogP contribution in [-0.4, -0.2) is 75.7 Å². The van der Waals surface area contributed by atoms with Gasteiger partial charge in [-0.2, -0.15) is 0 Å². The van der Waals surface area contributed by atoms with Crippen LogP contribution in [0.5, 0.6) is 0 Å². The van der Waals surface area contributed by atoms with Gasteiger partial charge >= 0.3 is 5.97 Å². The molecule has 1 unspecified atom stereocenters. The third-order valence-electron chi connectivity index (χ3n) is 5.00. The van der Waals surface area contributed by atoms with Gasteiger partial charge in [-0.25, -0.2) is 4.79 Å². The Morgan fingerprint density at radius 3 is 2.72 bits per heavy atom. The van der Waals surface area contributed by atoms with Gasteiger partial charge in [0.1, 0.15) is 0 Å². The monoisotopic (exact) mass is 495 g/mol. The van der Waals surface area contributed by atoms with E-state index < -0.39 is 5.97 Å². The molecule has 0 aliphatic carbocycles. The first-order chi connectivity index (χ1) is 15.3. The molecule has 0 saturated carbocycles. The van der Waals surface area contributed by atoms with Crippen molar-refractivity contribution in [1.29, 1.82) is 0 Å². The first-order valence-corrected chi connectivity index (χ1v) is 12.4. The largest absolute Gasteiger partial charge is 0.466 e. The third kappa shape index (κ3) is 5.86. The molecule has 1 aromatic heterocycles. The van der Waals surface area contributed by atoms with Gasteiger partial charge in [0.05, 0.1) is 30.0 Å². The van der Waals surface area contributed by atoms with Crippen molar-refractivity contribution in [2.75, 3.05) is 39.3 Å². The van der Waals surface area contributed by atoms with Crippen LogP contribution in [0.2, 0.25) is 5.02 Å². The predicted octanol–water partition coefficient (Wildman–Crippen LogP) is 3.62. The first kappa shape index (κ1) is 24.6. The molecule has 0 radical (unpaired) electrons. The van der Waals surface area contributed by atoms with Crippen LogP contribution in [0.3, 0.4) is 0 Å². The van der Waals surface area contributed by atoms with Crippen LogP contribution in [-0.2, 0) is 14.3 Å². The lowest BCUT2D eigenvalue weighted by atomic mass is 10.2. The number of hydrogen-bond acceptors (Lipinski definition) is 8. The fraction of sp³-hybridized carbons (Fsp3) is 0.429. The molecule has 1 aromatic carbocycles. The summed E-state index contributed by atoms with van der Waals surface area (Å²) < 4.78 is 6.73. The van der Waals surface area contributed by atoms with E-state index in [1.807, 2.05) is 42.9 Å². The summed E-state index contributed by atoms with van der Waals surface area (Å²) in [7, 11) is 5.33. The number of esters is 1. The molecule has 11 heteroatoms. The maximum Gasteiger partial charge on any atom is 0.333 e. The standard InChI is InChI=1S/C21H26ClN5O3S2/c1-14(25(2)3)20-23-24-21(27(20)16-8-6-15(22)7-9-16)31-11-5-10-26-17(28)13-32-18(26)12-19(29)30-4/h6-9,12,14H,5,10-11,13H2,1-4H3/b18-12+. The highest BCUT2D eigenvalue weighted by Gasteiger charge is 2.27. The van der Waals surface area contributed by atoms with Gasteiger partial charge in [0, 0.05) is 23.0 Å². The van der Waals surface area contributed by atoms with E-state index in [4.69, 9.17) is 11.6 Å². The van der Waals surface area contributed by atoms with Gasteiger partial charge in [-0.15, -0.1) is 10.2 Å². The van der Waals surface area contributed by atoms with Crippen molar-refractivity contribution in [2.45, 2.75) is 24.5 Å². The van der Waals surface area contributed by atoms with Gasteiger partial charge in [-0.05, 0) is 51.7 Å². The van der Waals surface area contributed by atoms with Gasteiger partial charge < -0.3 is 9.64 Å². The molecule has 3 rings (SSSR count). The summed E-state index contributed by atoms with van der Waals surface area (Å²) in [5, 5.41) is 11.0. The Kier molecular flexibility index (Phi) is 8.64. The lowest BCUT2D eigenvalue weighted by Crippen LogP contribution is -2.26. The highest BCUT2D eigenvalue weighted by Crippen LogP contribution is 2.30. The average molecular weight is 496 g/mol. The van der Waals surface area contributed by atoms with E-state index in [0.29, 0.717) is 22.3 Å². The molecule has 32 heavy (non-hydrogen) atoms. The minimum Gasteiger partial charge on any atom is -0.466 e. The molecule has 1 amide bonds. The summed E-state index contributed by atoms with van der Waals surface area (Å²) in [6.45, 7) is 2.61. The Bertz CT molecular complexity index is 994. The number of ether oxygens (including phenoxy) is 1. The second kappa shape index (κ2) is 11.2. The molecule has 1 aliphatic heterocycles. The highest BCUT2D eigenvalue weighted by atomic mass is 35.5. The van der Waals surface area contributed by atoms with E-state index in [9.17, 15) is 9.59 Å². The van der Waals surface area contributed by atoms with Crippen molar-refractivity contribution >= 4 is 47.0 Å². The van der Waals surface area contributed by atoms with Gasteiger partial charge in [0.15, 0.2) is 11.0 Å². The minimum atomic E-state index is -0.458. The molecule has 1 atom stereocenters. The third-order valence-corrected chi connectivity index (χ3v) is 7.29. The quantitative estimate of drug-likeness (QED) is 0.226. The first-order valence-electron chi connectivity index (χ1n) is 10.0. The zero-order valence-electron chi connectivity index (χ0n) is 18.4. The van der Waals surface area contributed by atoms with Crippen LogP contribution in [0, 0.1) is 0 Å². The van der Waals surface area contributed by atoms with E-state index >= 15 is 0 Å². The van der Waals surface area contributed by atoms with E-state index in [-0.39, 0.29) is 11.9 Å². The van der Waals surface area contributed by atoms with Crippen molar-refractivity contribution < 1.29 is 14.3 Å². The second-order valence-corrected chi connectivity index (χ2v) is 9.83. The average Bonchev–Trinajstić information content (AvgIpc) is 3.34. The number of hydrogen-bond donors (Lipinski definition) is 0. The van der Waals surface area contributed by atoms with Crippen LogP contribution in [0.1, 0.15) is 25.2 Å². The summed E-state index contributed by atoms with van der Waals surface area (Å²) >= 11 is 9.01. The lowest BCUT2D eigenvalue weighted by Gasteiger charge is -2.20. The van der Waals surface area contributed by atoms with Gasteiger partial charge in [-0.3, -0.25) is 14.3 Å². The molecule has 0 bridgehead atoms.